The maximum absolute atomic E-state index is 6.59. The zero-order valence-corrected chi connectivity index (χ0v) is 19.8. The molecule has 3 heterocycles. The molecule has 0 unspecified atom stereocenters. The van der Waals surface area contributed by atoms with Crippen molar-refractivity contribution in [2.24, 2.45) is 12.5 Å². The quantitative estimate of drug-likeness (QED) is 0.260. The first-order valence-corrected chi connectivity index (χ1v) is 11.5. The average molecular weight is 435 g/mol. The van der Waals surface area contributed by atoms with E-state index in [0.29, 0.717) is 0 Å². The van der Waals surface area contributed by atoms with Gasteiger partial charge in [-0.3, -0.25) is 0 Å². The summed E-state index contributed by atoms with van der Waals surface area (Å²) in [5, 5.41) is 4.42. The van der Waals surface area contributed by atoms with Crippen LogP contribution in [0.2, 0.25) is 0 Å². The van der Waals surface area contributed by atoms with Gasteiger partial charge in [0.15, 0.2) is 6.20 Å². The molecule has 0 bridgehead atoms. The topological polar surface area (TPSA) is 30.2 Å². The van der Waals surface area contributed by atoms with Crippen molar-refractivity contribution in [1.29, 1.82) is 0 Å². The van der Waals surface area contributed by atoms with Gasteiger partial charge in [-0.25, -0.2) is 4.57 Å². The molecular formula is C30H28NO2+. The minimum absolute atomic E-state index is 0.231. The van der Waals surface area contributed by atoms with E-state index in [0.717, 1.165) is 55.9 Å². The van der Waals surface area contributed by atoms with E-state index in [1.807, 2.05) is 18.2 Å². The summed E-state index contributed by atoms with van der Waals surface area (Å²) in [4.78, 5) is 0. The van der Waals surface area contributed by atoms with E-state index >= 15 is 0 Å². The van der Waals surface area contributed by atoms with E-state index in [1.165, 1.54) is 16.8 Å². The first-order chi connectivity index (χ1) is 15.8. The summed E-state index contributed by atoms with van der Waals surface area (Å²) in [6.07, 6.45) is 3.19. The summed E-state index contributed by atoms with van der Waals surface area (Å²) in [6, 6.07) is 21.4. The fourth-order valence-corrected chi connectivity index (χ4v) is 5.06. The molecule has 33 heavy (non-hydrogen) atoms. The highest BCUT2D eigenvalue weighted by molar-refractivity contribution is 6.16. The van der Waals surface area contributed by atoms with Crippen LogP contribution in [0.15, 0.2) is 75.7 Å². The van der Waals surface area contributed by atoms with Crippen LogP contribution in [0.25, 0.3) is 55.1 Å². The van der Waals surface area contributed by atoms with Gasteiger partial charge in [0, 0.05) is 33.7 Å². The number of aryl methyl sites for hydroxylation is 2. The highest BCUT2D eigenvalue weighted by atomic mass is 16.3. The lowest BCUT2D eigenvalue weighted by Crippen LogP contribution is -2.31. The van der Waals surface area contributed by atoms with E-state index in [9.17, 15) is 0 Å². The van der Waals surface area contributed by atoms with Gasteiger partial charge in [-0.15, -0.1) is 0 Å². The maximum Gasteiger partial charge on any atom is 0.216 e. The van der Waals surface area contributed by atoms with E-state index < -0.39 is 0 Å². The Kier molecular flexibility index (Phi) is 4.22. The molecule has 0 radical (unpaired) electrons. The van der Waals surface area contributed by atoms with Gasteiger partial charge in [0.05, 0.1) is 5.56 Å². The van der Waals surface area contributed by atoms with Crippen LogP contribution in [0.5, 0.6) is 0 Å². The fraction of sp³-hybridized carbons (Fsp3) is 0.233. The molecule has 0 amide bonds. The Morgan fingerprint density at radius 2 is 1.48 bits per heavy atom. The number of rotatable bonds is 2. The van der Waals surface area contributed by atoms with Crippen LogP contribution in [0.1, 0.15) is 31.9 Å². The third-order valence-electron chi connectivity index (χ3n) is 6.55. The normalized spacial score (nSPS) is 12.5. The van der Waals surface area contributed by atoms with Crippen molar-refractivity contribution >= 4 is 43.9 Å². The molecule has 0 saturated heterocycles. The summed E-state index contributed by atoms with van der Waals surface area (Å²) in [6.45, 7) is 9.01. The van der Waals surface area contributed by atoms with Crippen LogP contribution < -0.4 is 4.57 Å². The molecule has 0 fully saturated rings. The van der Waals surface area contributed by atoms with Crippen LogP contribution in [0, 0.1) is 12.3 Å². The lowest BCUT2D eigenvalue weighted by molar-refractivity contribution is -0.660. The van der Waals surface area contributed by atoms with Gasteiger partial charge in [0.1, 0.15) is 29.4 Å². The number of hydrogen-bond acceptors (Lipinski definition) is 2. The van der Waals surface area contributed by atoms with Gasteiger partial charge in [-0.1, -0.05) is 51.1 Å². The van der Waals surface area contributed by atoms with Crippen LogP contribution in [-0.4, -0.2) is 0 Å². The van der Waals surface area contributed by atoms with Crippen LogP contribution in [0.4, 0.5) is 0 Å². The van der Waals surface area contributed by atoms with Crippen LogP contribution in [-0.2, 0) is 13.5 Å². The minimum Gasteiger partial charge on any atom is -0.456 e. The van der Waals surface area contributed by atoms with Gasteiger partial charge >= 0.3 is 0 Å². The standard InChI is InChI=1S/C30H28NO2/c1-18-10-11-21-23-16-26-22(20-8-6-7-9-25(20)32-26)15-27(23)33-29(21)28(18)24-14-19(12-13-31(24)5)17-30(2,3)4/h6-16H,17H2,1-5H3/q+1. The van der Waals surface area contributed by atoms with E-state index in [-0.39, 0.29) is 5.41 Å². The van der Waals surface area contributed by atoms with Gasteiger partial charge in [0.25, 0.3) is 0 Å². The van der Waals surface area contributed by atoms with Crippen LogP contribution >= 0.6 is 0 Å². The Hall–Kier alpha value is -3.59. The molecular weight excluding hydrogens is 406 g/mol. The molecule has 0 aliphatic heterocycles. The summed E-state index contributed by atoms with van der Waals surface area (Å²) in [5.74, 6) is 0. The van der Waals surface area contributed by atoms with Crippen molar-refractivity contribution in [1.82, 2.24) is 0 Å². The molecule has 164 valence electrons. The minimum atomic E-state index is 0.231. The lowest BCUT2D eigenvalue weighted by atomic mass is 9.88. The number of nitrogens with zero attached hydrogens (tertiary/aromatic N) is 1. The van der Waals surface area contributed by atoms with Crippen molar-refractivity contribution in [3.63, 3.8) is 0 Å². The Bertz CT molecular complexity index is 1690. The predicted molar refractivity (Wildman–Crippen MR) is 136 cm³/mol. The van der Waals surface area contributed by atoms with E-state index in [1.54, 1.807) is 0 Å². The fourth-order valence-electron chi connectivity index (χ4n) is 5.06. The number of fused-ring (bicyclic) bond motifs is 6. The van der Waals surface area contributed by atoms with Gasteiger partial charge in [0.2, 0.25) is 5.69 Å². The number of hydrogen-bond donors (Lipinski definition) is 0. The SMILES string of the molecule is Cc1ccc2c(oc3cc4c(cc32)oc2ccccc24)c1-c1cc(CC(C)(C)C)cc[n+]1C. The second-order valence-electron chi connectivity index (χ2n) is 10.4. The molecule has 3 aromatic heterocycles. The van der Waals surface area contributed by atoms with E-state index in [4.69, 9.17) is 8.83 Å². The molecule has 6 aromatic rings. The third kappa shape index (κ3) is 3.22. The molecule has 0 N–H and O–H groups in total. The Morgan fingerprint density at radius 1 is 0.758 bits per heavy atom. The Morgan fingerprint density at radius 3 is 2.27 bits per heavy atom. The molecule has 0 saturated carbocycles. The highest BCUT2D eigenvalue weighted by Crippen LogP contribution is 2.40. The van der Waals surface area contributed by atoms with Gasteiger partial charge < -0.3 is 8.83 Å². The summed E-state index contributed by atoms with van der Waals surface area (Å²) in [7, 11) is 2.11. The molecule has 6 rings (SSSR count). The molecule has 0 spiro atoms. The molecule has 0 aliphatic rings. The van der Waals surface area contributed by atoms with E-state index in [2.05, 4.69) is 88.0 Å². The molecule has 3 aromatic carbocycles. The first kappa shape index (κ1) is 20.0. The number of furan rings is 2. The van der Waals surface area contributed by atoms with Gasteiger partial charge in [-0.05, 0) is 48.1 Å². The first-order valence-electron chi connectivity index (χ1n) is 11.5. The maximum atomic E-state index is 6.59. The zero-order valence-electron chi connectivity index (χ0n) is 19.8. The Balaban J connectivity index is 1.63. The molecule has 3 heteroatoms. The summed E-state index contributed by atoms with van der Waals surface area (Å²) < 4.78 is 14.9. The second kappa shape index (κ2) is 6.95. The summed E-state index contributed by atoms with van der Waals surface area (Å²) in [5.41, 5.74) is 8.74. The number of pyridine rings is 1. The molecule has 0 atom stereocenters. The predicted octanol–water partition coefficient (Wildman–Crippen LogP) is 7.87. The zero-order chi connectivity index (χ0) is 22.9. The summed E-state index contributed by atoms with van der Waals surface area (Å²) >= 11 is 0. The average Bonchev–Trinajstić information content (AvgIpc) is 3.30. The molecule has 3 nitrogen and oxygen atoms in total. The number of para-hydroxylation sites is 1. The van der Waals surface area contributed by atoms with Crippen molar-refractivity contribution in [3.8, 4) is 11.3 Å². The third-order valence-corrected chi connectivity index (χ3v) is 6.55. The van der Waals surface area contributed by atoms with Crippen molar-refractivity contribution < 1.29 is 13.4 Å². The smallest absolute Gasteiger partial charge is 0.216 e. The van der Waals surface area contributed by atoms with Crippen molar-refractivity contribution in [2.75, 3.05) is 0 Å². The van der Waals surface area contributed by atoms with Gasteiger partial charge in [-0.2, -0.15) is 0 Å². The number of benzene rings is 3. The van der Waals surface area contributed by atoms with Crippen molar-refractivity contribution in [3.05, 3.63) is 78.0 Å². The molecule has 0 aliphatic carbocycles. The highest BCUT2D eigenvalue weighted by Gasteiger charge is 2.23. The number of aromatic nitrogens is 1. The second-order valence-corrected chi connectivity index (χ2v) is 10.4. The lowest BCUT2D eigenvalue weighted by Gasteiger charge is -2.18. The van der Waals surface area contributed by atoms with Crippen molar-refractivity contribution in [2.45, 2.75) is 34.1 Å². The monoisotopic (exact) mass is 434 g/mol. The Labute approximate surface area is 193 Å². The largest absolute Gasteiger partial charge is 0.456 e. The van der Waals surface area contributed by atoms with Crippen LogP contribution in [0.3, 0.4) is 0 Å².